The molecule has 1 rings (SSSR count). The highest BCUT2D eigenvalue weighted by atomic mass is 16.5. The van der Waals surface area contributed by atoms with E-state index in [4.69, 9.17) is 9.47 Å². The lowest BCUT2D eigenvalue weighted by Gasteiger charge is -2.06. The van der Waals surface area contributed by atoms with Gasteiger partial charge in [0.15, 0.2) is 0 Å². The first-order chi connectivity index (χ1) is 9.02. The van der Waals surface area contributed by atoms with Crippen molar-refractivity contribution in [1.82, 2.24) is 4.98 Å². The van der Waals surface area contributed by atoms with Crippen LogP contribution < -0.4 is 0 Å². The van der Waals surface area contributed by atoms with E-state index in [9.17, 15) is 9.59 Å². The number of rotatable bonds is 5. The van der Waals surface area contributed by atoms with Crippen LogP contribution >= 0.6 is 0 Å². The first kappa shape index (κ1) is 14.9. The molecule has 0 atom stereocenters. The lowest BCUT2D eigenvalue weighted by atomic mass is 10.2. The molecular formula is C14H17NO4. The number of ether oxygens (including phenoxy) is 2. The second-order valence-electron chi connectivity index (χ2n) is 3.87. The standard InChI is InChI=1S/C14H17NO4/c1-4-18-14(17)8-7-12-6-5-10(2)13(15-12)9-19-11(3)16/h5-8H,4,9H2,1-3H3/b8-7-. The van der Waals surface area contributed by atoms with Gasteiger partial charge in [0.2, 0.25) is 0 Å². The summed E-state index contributed by atoms with van der Waals surface area (Å²) in [5.41, 5.74) is 2.21. The van der Waals surface area contributed by atoms with Gasteiger partial charge in [-0.1, -0.05) is 6.07 Å². The summed E-state index contributed by atoms with van der Waals surface area (Å²) < 4.78 is 9.68. The maximum atomic E-state index is 11.2. The summed E-state index contributed by atoms with van der Waals surface area (Å²) in [5, 5.41) is 0. The van der Waals surface area contributed by atoms with Crippen LogP contribution in [0.15, 0.2) is 18.2 Å². The molecule has 0 fully saturated rings. The average Bonchev–Trinajstić information content (AvgIpc) is 2.36. The van der Waals surface area contributed by atoms with E-state index < -0.39 is 5.97 Å². The van der Waals surface area contributed by atoms with Crippen molar-refractivity contribution in [1.29, 1.82) is 0 Å². The van der Waals surface area contributed by atoms with Crippen LogP contribution in [0.5, 0.6) is 0 Å². The second-order valence-corrected chi connectivity index (χ2v) is 3.87. The zero-order valence-electron chi connectivity index (χ0n) is 11.3. The Bertz CT molecular complexity index is 494. The summed E-state index contributed by atoms with van der Waals surface area (Å²) in [4.78, 5) is 26.3. The molecule has 1 aromatic rings. The van der Waals surface area contributed by atoms with Crippen LogP contribution in [0, 0.1) is 6.92 Å². The van der Waals surface area contributed by atoms with Gasteiger partial charge in [-0.3, -0.25) is 4.79 Å². The smallest absolute Gasteiger partial charge is 0.330 e. The zero-order valence-corrected chi connectivity index (χ0v) is 11.3. The van der Waals surface area contributed by atoms with Crippen LogP contribution in [-0.4, -0.2) is 23.5 Å². The summed E-state index contributed by atoms with van der Waals surface area (Å²) in [6.07, 6.45) is 2.88. The monoisotopic (exact) mass is 263 g/mol. The number of hydrogen-bond donors (Lipinski definition) is 0. The number of nitrogens with zero attached hydrogens (tertiary/aromatic N) is 1. The van der Waals surface area contributed by atoms with Crippen LogP contribution in [0.2, 0.25) is 0 Å². The molecule has 5 heteroatoms. The number of carbonyl (C=O) groups excluding carboxylic acids is 2. The minimum atomic E-state index is -0.411. The lowest BCUT2D eigenvalue weighted by Crippen LogP contribution is -2.04. The minimum Gasteiger partial charge on any atom is -0.463 e. The van der Waals surface area contributed by atoms with Gasteiger partial charge in [0.05, 0.1) is 18.0 Å². The van der Waals surface area contributed by atoms with E-state index in [-0.39, 0.29) is 12.6 Å². The van der Waals surface area contributed by atoms with Gasteiger partial charge in [-0.25, -0.2) is 9.78 Å². The minimum absolute atomic E-state index is 0.127. The van der Waals surface area contributed by atoms with Gasteiger partial charge >= 0.3 is 11.9 Å². The van der Waals surface area contributed by atoms with E-state index in [0.717, 1.165) is 5.56 Å². The summed E-state index contributed by atoms with van der Waals surface area (Å²) in [6, 6.07) is 3.64. The molecule has 0 N–H and O–H groups in total. The topological polar surface area (TPSA) is 65.5 Å². The fourth-order valence-electron chi connectivity index (χ4n) is 1.34. The molecular weight excluding hydrogens is 246 g/mol. The summed E-state index contributed by atoms with van der Waals surface area (Å²) >= 11 is 0. The Morgan fingerprint density at radius 2 is 2.05 bits per heavy atom. The van der Waals surface area contributed by atoms with Crippen molar-refractivity contribution in [2.45, 2.75) is 27.4 Å². The highest BCUT2D eigenvalue weighted by molar-refractivity contribution is 5.86. The third-order valence-electron chi connectivity index (χ3n) is 2.31. The molecule has 0 unspecified atom stereocenters. The van der Waals surface area contributed by atoms with Gasteiger partial charge in [-0.15, -0.1) is 0 Å². The fraction of sp³-hybridized carbons (Fsp3) is 0.357. The number of carbonyl (C=O) groups is 2. The summed E-state index contributed by atoms with van der Waals surface area (Å²) in [7, 11) is 0. The third-order valence-corrected chi connectivity index (χ3v) is 2.31. The molecule has 0 aliphatic heterocycles. The maximum Gasteiger partial charge on any atom is 0.330 e. The molecule has 0 radical (unpaired) electrons. The van der Waals surface area contributed by atoms with Gasteiger partial charge < -0.3 is 9.47 Å². The molecule has 0 aliphatic rings. The number of aromatic nitrogens is 1. The largest absolute Gasteiger partial charge is 0.463 e. The van der Waals surface area contributed by atoms with Crippen molar-refractivity contribution >= 4 is 18.0 Å². The predicted molar refractivity (Wildman–Crippen MR) is 70.1 cm³/mol. The normalized spacial score (nSPS) is 10.5. The van der Waals surface area contributed by atoms with E-state index in [2.05, 4.69) is 4.98 Å². The van der Waals surface area contributed by atoms with Crippen molar-refractivity contribution < 1.29 is 19.1 Å². The highest BCUT2D eigenvalue weighted by Crippen LogP contribution is 2.09. The predicted octanol–water partition coefficient (Wildman–Crippen LogP) is 2.03. The molecule has 0 bridgehead atoms. The van der Waals surface area contributed by atoms with Gasteiger partial charge in [-0.2, -0.15) is 0 Å². The van der Waals surface area contributed by atoms with Crippen molar-refractivity contribution in [2.24, 2.45) is 0 Å². The quantitative estimate of drug-likeness (QED) is 0.600. The van der Waals surface area contributed by atoms with E-state index >= 15 is 0 Å². The van der Waals surface area contributed by atoms with E-state index in [1.165, 1.54) is 13.0 Å². The molecule has 0 amide bonds. The van der Waals surface area contributed by atoms with Gasteiger partial charge in [-0.05, 0) is 31.6 Å². The fourth-order valence-corrected chi connectivity index (χ4v) is 1.34. The van der Waals surface area contributed by atoms with Crippen LogP contribution in [0.1, 0.15) is 30.8 Å². The third kappa shape index (κ3) is 5.33. The van der Waals surface area contributed by atoms with Crippen LogP contribution in [-0.2, 0) is 25.7 Å². The Morgan fingerprint density at radius 1 is 1.32 bits per heavy atom. The number of aryl methyl sites for hydroxylation is 1. The molecule has 1 aromatic heterocycles. The number of hydrogen-bond acceptors (Lipinski definition) is 5. The van der Waals surface area contributed by atoms with Crippen LogP contribution in [0.3, 0.4) is 0 Å². The number of pyridine rings is 1. The molecule has 102 valence electrons. The Balaban J connectivity index is 2.78. The Morgan fingerprint density at radius 3 is 2.68 bits per heavy atom. The van der Waals surface area contributed by atoms with Crippen molar-refractivity contribution in [3.8, 4) is 0 Å². The van der Waals surface area contributed by atoms with Crippen LogP contribution in [0.4, 0.5) is 0 Å². The first-order valence-corrected chi connectivity index (χ1v) is 5.97. The van der Waals surface area contributed by atoms with E-state index in [1.807, 2.05) is 13.0 Å². The van der Waals surface area contributed by atoms with E-state index in [0.29, 0.717) is 18.0 Å². The maximum absolute atomic E-state index is 11.2. The van der Waals surface area contributed by atoms with Gasteiger partial charge in [0.1, 0.15) is 6.61 Å². The summed E-state index contributed by atoms with van der Waals surface area (Å²) in [5.74, 6) is -0.764. The second kappa shape index (κ2) is 7.31. The molecule has 0 saturated heterocycles. The molecule has 19 heavy (non-hydrogen) atoms. The SMILES string of the molecule is CCOC(=O)/C=C\c1ccc(C)c(COC(C)=O)n1. The van der Waals surface area contributed by atoms with Crippen LogP contribution in [0.25, 0.3) is 6.08 Å². The molecule has 1 heterocycles. The molecule has 0 saturated carbocycles. The van der Waals surface area contributed by atoms with Gasteiger partial charge in [0, 0.05) is 13.0 Å². The van der Waals surface area contributed by atoms with Crippen molar-refractivity contribution in [3.63, 3.8) is 0 Å². The lowest BCUT2D eigenvalue weighted by molar-refractivity contribution is -0.142. The first-order valence-electron chi connectivity index (χ1n) is 5.97. The molecule has 0 aromatic carbocycles. The number of esters is 2. The highest BCUT2D eigenvalue weighted by Gasteiger charge is 2.04. The van der Waals surface area contributed by atoms with Crippen molar-refractivity contribution in [3.05, 3.63) is 35.2 Å². The Kier molecular flexibility index (Phi) is 5.73. The van der Waals surface area contributed by atoms with Gasteiger partial charge in [0.25, 0.3) is 0 Å². The van der Waals surface area contributed by atoms with Crippen molar-refractivity contribution in [2.75, 3.05) is 6.61 Å². The molecule has 0 spiro atoms. The average molecular weight is 263 g/mol. The van der Waals surface area contributed by atoms with E-state index in [1.54, 1.807) is 19.1 Å². The Hall–Kier alpha value is -2.17. The molecule has 5 nitrogen and oxygen atoms in total. The summed E-state index contributed by atoms with van der Waals surface area (Å²) in [6.45, 7) is 5.43. The Labute approximate surface area is 112 Å². The molecule has 0 aliphatic carbocycles. The zero-order chi connectivity index (χ0) is 14.3.